The molecule has 0 aromatic rings. The van der Waals surface area contributed by atoms with Crippen molar-refractivity contribution in [1.82, 2.24) is 0 Å². The summed E-state index contributed by atoms with van der Waals surface area (Å²) in [4.78, 5) is 0. The molecule has 0 aliphatic rings. The van der Waals surface area contributed by atoms with Crippen molar-refractivity contribution >= 4 is 23.1 Å². The summed E-state index contributed by atoms with van der Waals surface area (Å²) in [6.45, 7) is 7.56. The second-order valence-corrected chi connectivity index (χ2v) is 1.28. The van der Waals surface area contributed by atoms with Crippen LogP contribution in [0.15, 0.2) is 11.6 Å². The Morgan fingerprint density at radius 2 is 1.57 bits per heavy atom. The molecular formula is C5H9IMg. The van der Waals surface area contributed by atoms with Gasteiger partial charge in [-0.25, -0.2) is 18.6 Å². The number of rotatable bonds is 0. The summed E-state index contributed by atoms with van der Waals surface area (Å²) in [6, 6.07) is 0. The van der Waals surface area contributed by atoms with Gasteiger partial charge in [0.25, 0.3) is 0 Å². The Labute approximate surface area is 78.9 Å². The predicted molar refractivity (Wildman–Crippen MR) is 30.5 cm³/mol. The molecule has 0 spiro atoms. The minimum atomic E-state index is 0. The largest absolute Gasteiger partial charge is 2.00 e. The van der Waals surface area contributed by atoms with Crippen LogP contribution in [0.1, 0.15) is 13.8 Å². The molecule has 7 heavy (non-hydrogen) atoms. The van der Waals surface area contributed by atoms with Gasteiger partial charge >= 0.3 is 23.1 Å². The molecule has 0 fully saturated rings. The van der Waals surface area contributed by atoms with E-state index in [1.54, 1.807) is 0 Å². The molecule has 0 saturated carbocycles. The third-order valence-corrected chi connectivity index (χ3v) is 0.408. The van der Waals surface area contributed by atoms with E-state index in [-0.39, 0.29) is 47.0 Å². The molecule has 0 saturated heterocycles. The fourth-order valence-electron chi connectivity index (χ4n) is 0. The summed E-state index contributed by atoms with van der Waals surface area (Å²) in [5, 5.41) is 0. The van der Waals surface area contributed by atoms with Gasteiger partial charge in [-0.3, -0.25) is 0 Å². The molecule has 38 valence electrons. The topological polar surface area (TPSA) is 0 Å². The molecule has 0 bridgehead atoms. The van der Waals surface area contributed by atoms with E-state index < -0.39 is 0 Å². The molecule has 0 heterocycles. The molecule has 0 amide bonds. The maximum atomic E-state index is 3.52. The number of halogens is 1. The van der Waals surface area contributed by atoms with Crippen molar-refractivity contribution in [2.45, 2.75) is 13.8 Å². The normalized spacial score (nSPS) is 4.86. The van der Waals surface area contributed by atoms with Gasteiger partial charge in [0.15, 0.2) is 0 Å². The summed E-state index contributed by atoms with van der Waals surface area (Å²) in [6.07, 6.45) is 1.83. The molecule has 0 aliphatic carbocycles. The van der Waals surface area contributed by atoms with E-state index in [4.69, 9.17) is 0 Å². The second-order valence-electron chi connectivity index (χ2n) is 1.28. The zero-order chi connectivity index (χ0) is 4.28. The van der Waals surface area contributed by atoms with E-state index in [9.17, 15) is 0 Å². The van der Waals surface area contributed by atoms with Crippen molar-refractivity contribution in [3.8, 4) is 0 Å². The average molecular weight is 220 g/mol. The molecule has 0 aromatic heterocycles. The van der Waals surface area contributed by atoms with Gasteiger partial charge in [-0.15, -0.1) is 13.8 Å². The summed E-state index contributed by atoms with van der Waals surface area (Å²) >= 11 is 0. The van der Waals surface area contributed by atoms with Crippen LogP contribution in [-0.4, -0.2) is 23.1 Å². The van der Waals surface area contributed by atoms with E-state index >= 15 is 0 Å². The van der Waals surface area contributed by atoms with Crippen LogP contribution in [0.2, 0.25) is 0 Å². The summed E-state index contributed by atoms with van der Waals surface area (Å²) < 4.78 is 0. The van der Waals surface area contributed by atoms with E-state index in [0.29, 0.717) is 0 Å². The minimum Gasteiger partial charge on any atom is -1.00 e. The van der Waals surface area contributed by atoms with Gasteiger partial charge in [-0.05, 0) is 0 Å². The minimum absolute atomic E-state index is 0. The van der Waals surface area contributed by atoms with Crippen LogP contribution in [0.3, 0.4) is 0 Å². The number of hydrogen-bond acceptors (Lipinski definition) is 0. The number of hydrogen-bond donors (Lipinski definition) is 0. The quantitative estimate of drug-likeness (QED) is 0.262. The molecule has 0 rings (SSSR count). The smallest absolute Gasteiger partial charge is 1.00 e. The first-order valence-electron chi connectivity index (χ1n) is 1.70. The first-order chi connectivity index (χ1) is 2.27. The molecule has 0 unspecified atom stereocenters. The molecule has 0 N–H and O–H groups in total. The Kier molecular flexibility index (Phi) is 22.8. The van der Waals surface area contributed by atoms with Crippen LogP contribution in [0.25, 0.3) is 0 Å². The monoisotopic (exact) mass is 220 g/mol. The van der Waals surface area contributed by atoms with Crippen molar-refractivity contribution in [3.63, 3.8) is 0 Å². The van der Waals surface area contributed by atoms with Crippen molar-refractivity contribution in [2.75, 3.05) is 0 Å². The van der Waals surface area contributed by atoms with Gasteiger partial charge in [-0.1, -0.05) is 0 Å². The molecule has 0 radical (unpaired) electrons. The van der Waals surface area contributed by atoms with Crippen LogP contribution in [-0.2, 0) is 0 Å². The maximum absolute atomic E-state index is 3.52. The standard InChI is InChI=1S/C5H9.HI.Mg/c1-4-5(2)3;;/h4H,1H2,2-3H3;1H;/q-1;;+2/p-1. The summed E-state index contributed by atoms with van der Waals surface area (Å²) in [5.74, 6) is 0. The van der Waals surface area contributed by atoms with Crippen molar-refractivity contribution < 1.29 is 24.0 Å². The molecule has 2 heteroatoms. The third kappa shape index (κ3) is 19.2. The Balaban J connectivity index is -0.0000000800. The average Bonchev–Trinajstić information content (AvgIpc) is 1.38. The zero-order valence-electron chi connectivity index (χ0n) is 4.87. The summed E-state index contributed by atoms with van der Waals surface area (Å²) in [7, 11) is 0. The van der Waals surface area contributed by atoms with Gasteiger partial charge in [0.05, 0.1) is 0 Å². The second kappa shape index (κ2) is 10.2. The molecular weight excluding hydrogens is 211 g/mol. The Morgan fingerprint density at radius 1 is 1.43 bits per heavy atom. The molecule has 0 aromatic carbocycles. The van der Waals surface area contributed by atoms with Crippen LogP contribution in [0.5, 0.6) is 0 Å². The maximum Gasteiger partial charge on any atom is 2.00 e. The van der Waals surface area contributed by atoms with Crippen molar-refractivity contribution in [2.24, 2.45) is 0 Å². The Hall–Kier alpha value is 1.11. The Bertz CT molecular complexity index is 46.0. The fourth-order valence-corrected chi connectivity index (χ4v) is 0. The van der Waals surface area contributed by atoms with E-state index in [1.807, 2.05) is 19.9 Å². The van der Waals surface area contributed by atoms with Crippen molar-refractivity contribution in [3.05, 3.63) is 18.6 Å². The van der Waals surface area contributed by atoms with Crippen LogP contribution in [0, 0.1) is 6.92 Å². The van der Waals surface area contributed by atoms with E-state index in [1.165, 1.54) is 5.57 Å². The summed E-state index contributed by atoms with van der Waals surface area (Å²) in [5.41, 5.74) is 1.27. The Morgan fingerprint density at radius 3 is 1.57 bits per heavy atom. The molecule has 0 nitrogen and oxygen atoms in total. The SMILES string of the molecule is [CH2-]C=C(C)C.[I-].[Mg+2]. The van der Waals surface area contributed by atoms with Gasteiger partial charge in [0.2, 0.25) is 0 Å². The third-order valence-electron chi connectivity index (χ3n) is 0.408. The molecule has 0 aliphatic heterocycles. The number of allylic oxidation sites excluding steroid dienone is 2. The predicted octanol–water partition coefficient (Wildman–Crippen LogP) is -1.59. The van der Waals surface area contributed by atoms with Crippen LogP contribution < -0.4 is 24.0 Å². The van der Waals surface area contributed by atoms with Crippen LogP contribution >= 0.6 is 0 Å². The first-order valence-corrected chi connectivity index (χ1v) is 1.70. The van der Waals surface area contributed by atoms with Crippen LogP contribution in [0.4, 0.5) is 0 Å². The van der Waals surface area contributed by atoms with Gasteiger partial charge < -0.3 is 24.0 Å². The van der Waals surface area contributed by atoms with Gasteiger partial charge in [-0.2, -0.15) is 0 Å². The van der Waals surface area contributed by atoms with Gasteiger partial charge in [0, 0.05) is 0 Å². The zero-order valence-corrected chi connectivity index (χ0v) is 8.44. The van der Waals surface area contributed by atoms with Gasteiger partial charge in [0.1, 0.15) is 0 Å². The fraction of sp³-hybridized carbons (Fsp3) is 0.400. The first kappa shape index (κ1) is 15.7. The molecule has 0 atom stereocenters. The van der Waals surface area contributed by atoms with Crippen molar-refractivity contribution in [1.29, 1.82) is 0 Å². The van der Waals surface area contributed by atoms with E-state index in [0.717, 1.165) is 0 Å². The van der Waals surface area contributed by atoms with E-state index in [2.05, 4.69) is 6.92 Å².